The summed E-state index contributed by atoms with van der Waals surface area (Å²) >= 11 is 3.38. The summed E-state index contributed by atoms with van der Waals surface area (Å²) in [5.74, 6) is 2.15. The Morgan fingerprint density at radius 3 is 2.79 bits per heavy atom. The van der Waals surface area contributed by atoms with Gasteiger partial charge < -0.3 is 14.5 Å². The molecule has 100 valence electrons. The maximum Gasteiger partial charge on any atom is 0.254 e. The fourth-order valence-electron chi connectivity index (χ4n) is 1.51. The number of ether oxygens (including phenoxy) is 2. The van der Waals surface area contributed by atoms with Gasteiger partial charge in [0.1, 0.15) is 17.3 Å². The second-order valence-electron chi connectivity index (χ2n) is 3.78. The second kappa shape index (κ2) is 5.88. The van der Waals surface area contributed by atoms with Crippen molar-refractivity contribution in [3.63, 3.8) is 0 Å². The monoisotopic (exact) mass is 324 g/mol. The Kier molecular flexibility index (Phi) is 4.21. The Balaban J connectivity index is 2.30. The van der Waals surface area contributed by atoms with Crippen LogP contribution in [-0.4, -0.2) is 17.1 Å². The third-order valence-corrected chi connectivity index (χ3v) is 3.08. The van der Waals surface area contributed by atoms with E-state index in [0.29, 0.717) is 23.7 Å². The highest BCUT2D eigenvalue weighted by atomic mass is 79.9. The van der Waals surface area contributed by atoms with Gasteiger partial charge in [0.2, 0.25) is 5.88 Å². The Morgan fingerprint density at radius 2 is 2.16 bits per heavy atom. The number of aryl methyl sites for hydroxylation is 1. The van der Waals surface area contributed by atoms with Crippen molar-refractivity contribution in [1.29, 1.82) is 0 Å². The van der Waals surface area contributed by atoms with Gasteiger partial charge in [-0.1, -0.05) is 6.92 Å². The van der Waals surface area contributed by atoms with Crippen molar-refractivity contribution in [2.75, 3.05) is 7.11 Å². The Morgan fingerprint density at radius 1 is 1.37 bits per heavy atom. The van der Waals surface area contributed by atoms with Crippen molar-refractivity contribution in [3.8, 4) is 17.4 Å². The molecule has 0 fully saturated rings. The lowest BCUT2D eigenvalue weighted by molar-refractivity contribution is 0.411. The first kappa shape index (κ1) is 13.6. The number of aromatic amines is 1. The van der Waals surface area contributed by atoms with Gasteiger partial charge >= 0.3 is 0 Å². The van der Waals surface area contributed by atoms with E-state index in [1.165, 1.54) is 6.07 Å². The van der Waals surface area contributed by atoms with Gasteiger partial charge in [0.15, 0.2) is 0 Å². The van der Waals surface area contributed by atoms with Crippen LogP contribution in [0.25, 0.3) is 0 Å². The Bertz CT molecular complexity index is 640. The molecule has 1 aromatic heterocycles. The predicted molar refractivity (Wildman–Crippen MR) is 75.0 cm³/mol. The molecule has 19 heavy (non-hydrogen) atoms. The third-order valence-electron chi connectivity index (χ3n) is 2.46. The molecular weight excluding hydrogens is 312 g/mol. The molecule has 1 heterocycles. The third kappa shape index (κ3) is 3.35. The molecule has 0 unspecified atom stereocenters. The van der Waals surface area contributed by atoms with Gasteiger partial charge in [0.05, 0.1) is 17.6 Å². The smallest absolute Gasteiger partial charge is 0.254 e. The summed E-state index contributed by atoms with van der Waals surface area (Å²) in [4.78, 5) is 18.3. The molecule has 0 aliphatic rings. The highest BCUT2D eigenvalue weighted by Gasteiger charge is 2.07. The van der Waals surface area contributed by atoms with Gasteiger partial charge in [-0.15, -0.1) is 0 Å². The van der Waals surface area contributed by atoms with Gasteiger partial charge in [-0.05, 0) is 34.1 Å². The van der Waals surface area contributed by atoms with Crippen molar-refractivity contribution < 1.29 is 9.47 Å². The zero-order valence-electron chi connectivity index (χ0n) is 10.6. The quantitative estimate of drug-likeness (QED) is 0.939. The van der Waals surface area contributed by atoms with E-state index in [0.717, 1.165) is 4.47 Å². The first-order valence-corrected chi connectivity index (χ1v) is 6.53. The molecule has 2 aromatic rings. The minimum atomic E-state index is -0.230. The zero-order chi connectivity index (χ0) is 13.8. The first-order valence-electron chi connectivity index (χ1n) is 5.74. The zero-order valence-corrected chi connectivity index (χ0v) is 12.2. The fourth-order valence-corrected chi connectivity index (χ4v) is 1.95. The van der Waals surface area contributed by atoms with Crippen molar-refractivity contribution in [1.82, 2.24) is 9.97 Å². The van der Waals surface area contributed by atoms with E-state index in [4.69, 9.17) is 9.47 Å². The van der Waals surface area contributed by atoms with E-state index < -0.39 is 0 Å². The molecule has 0 amide bonds. The number of methoxy groups -OCH3 is 1. The van der Waals surface area contributed by atoms with Crippen LogP contribution in [0.5, 0.6) is 17.4 Å². The van der Waals surface area contributed by atoms with E-state index in [1.807, 2.05) is 6.92 Å². The topological polar surface area (TPSA) is 64.2 Å². The number of nitrogens with one attached hydrogen (secondary N) is 1. The van der Waals surface area contributed by atoms with E-state index in [2.05, 4.69) is 25.9 Å². The maximum atomic E-state index is 11.4. The highest BCUT2D eigenvalue weighted by molar-refractivity contribution is 9.10. The summed E-state index contributed by atoms with van der Waals surface area (Å²) in [6, 6.07) is 6.62. The molecule has 2 rings (SSSR count). The summed E-state index contributed by atoms with van der Waals surface area (Å²) in [6.07, 6.45) is 0.635. The molecule has 1 N–H and O–H groups in total. The lowest BCUT2D eigenvalue weighted by Crippen LogP contribution is -2.10. The van der Waals surface area contributed by atoms with Crippen molar-refractivity contribution in [2.45, 2.75) is 13.3 Å². The minimum Gasteiger partial charge on any atom is -0.497 e. The number of hydrogen-bond acceptors (Lipinski definition) is 4. The van der Waals surface area contributed by atoms with Crippen LogP contribution < -0.4 is 15.0 Å². The molecule has 0 bridgehead atoms. The highest BCUT2D eigenvalue weighted by Crippen LogP contribution is 2.31. The lowest BCUT2D eigenvalue weighted by atomic mass is 10.3. The van der Waals surface area contributed by atoms with Crippen LogP contribution in [0.2, 0.25) is 0 Å². The molecule has 0 aliphatic carbocycles. The normalized spacial score (nSPS) is 10.3. The number of nitrogens with zero attached hydrogens (tertiary/aromatic N) is 1. The van der Waals surface area contributed by atoms with Crippen LogP contribution in [0.15, 0.2) is 33.5 Å². The number of benzene rings is 1. The molecule has 0 spiro atoms. The number of rotatable bonds is 4. The average molecular weight is 325 g/mol. The lowest BCUT2D eigenvalue weighted by Gasteiger charge is -2.08. The van der Waals surface area contributed by atoms with Crippen molar-refractivity contribution in [2.24, 2.45) is 0 Å². The van der Waals surface area contributed by atoms with Crippen LogP contribution in [0.4, 0.5) is 0 Å². The Hall–Kier alpha value is -1.82. The number of H-pyrrole nitrogens is 1. The fraction of sp³-hybridized carbons (Fsp3) is 0.231. The molecule has 6 heteroatoms. The van der Waals surface area contributed by atoms with Crippen LogP contribution in [0.3, 0.4) is 0 Å². The van der Waals surface area contributed by atoms with E-state index >= 15 is 0 Å². The summed E-state index contributed by atoms with van der Waals surface area (Å²) in [5, 5.41) is 0. The van der Waals surface area contributed by atoms with Crippen LogP contribution in [0.1, 0.15) is 12.7 Å². The summed E-state index contributed by atoms with van der Waals surface area (Å²) in [7, 11) is 1.59. The van der Waals surface area contributed by atoms with Crippen LogP contribution in [0, 0.1) is 0 Å². The minimum absolute atomic E-state index is 0.230. The van der Waals surface area contributed by atoms with Gasteiger partial charge in [-0.3, -0.25) is 4.79 Å². The molecule has 1 aromatic carbocycles. The SMILES string of the molecule is CCc1nc(Oc2ccc(OC)cc2Br)cc(=O)[nH]1. The number of hydrogen-bond donors (Lipinski definition) is 1. The molecule has 0 saturated carbocycles. The van der Waals surface area contributed by atoms with Gasteiger partial charge in [0.25, 0.3) is 5.56 Å². The average Bonchev–Trinajstić information content (AvgIpc) is 2.40. The maximum absolute atomic E-state index is 11.4. The number of aromatic nitrogens is 2. The largest absolute Gasteiger partial charge is 0.497 e. The predicted octanol–water partition coefficient (Wildman–Crippen LogP) is 2.90. The summed E-state index contributed by atoms with van der Waals surface area (Å²) in [5.41, 5.74) is -0.230. The first-order chi connectivity index (χ1) is 9.12. The van der Waals surface area contributed by atoms with E-state index in [-0.39, 0.29) is 11.4 Å². The summed E-state index contributed by atoms with van der Waals surface area (Å²) in [6.45, 7) is 1.91. The summed E-state index contributed by atoms with van der Waals surface area (Å²) < 4.78 is 11.4. The number of halogens is 1. The standard InChI is InChI=1S/C13H13BrN2O3/c1-3-11-15-12(17)7-13(16-11)19-10-5-4-8(18-2)6-9(10)14/h4-7H,3H2,1-2H3,(H,15,16,17). The molecule has 0 aliphatic heterocycles. The van der Waals surface area contributed by atoms with E-state index in [1.54, 1.807) is 25.3 Å². The van der Waals surface area contributed by atoms with Gasteiger partial charge in [0, 0.05) is 6.42 Å². The molecule has 0 radical (unpaired) electrons. The van der Waals surface area contributed by atoms with E-state index in [9.17, 15) is 4.79 Å². The Labute approximate surface area is 118 Å². The van der Waals surface area contributed by atoms with Crippen molar-refractivity contribution in [3.05, 3.63) is 44.9 Å². The van der Waals surface area contributed by atoms with Crippen molar-refractivity contribution >= 4 is 15.9 Å². The molecule has 0 atom stereocenters. The van der Waals surface area contributed by atoms with Crippen LogP contribution >= 0.6 is 15.9 Å². The second-order valence-corrected chi connectivity index (χ2v) is 4.64. The van der Waals surface area contributed by atoms with Gasteiger partial charge in [-0.2, -0.15) is 4.98 Å². The van der Waals surface area contributed by atoms with Crippen LogP contribution in [-0.2, 0) is 6.42 Å². The molecule has 0 saturated heterocycles. The molecule has 5 nitrogen and oxygen atoms in total. The molecular formula is C13H13BrN2O3. The van der Waals surface area contributed by atoms with Gasteiger partial charge in [-0.25, -0.2) is 0 Å².